The van der Waals surface area contributed by atoms with E-state index in [1.54, 1.807) is 0 Å². The molecule has 0 saturated carbocycles. The zero-order valence-electron chi connectivity index (χ0n) is 37.5. The van der Waals surface area contributed by atoms with Crippen LogP contribution in [0.15, 0.2) is 60.8 Å². The summed E-state index contributed by atoms with van der Waals surface area (Å²) < 4.78 is 33.4. The number of allylic oxidation sites excluding steroid dienone is 10. The predicted octanol–water partition coefficient (Wildman–Crippen LogP) is 14.5. The van der Waals surface area contributed by atoms with Gasteiger partial charge in [0.2, 0.25) is 0 Å². The largest absolute Gasteiger partial charge is 0.472 e. The van der Waals surface area contributed by atoms with Crippen molar-refractivity contribution in [2.45, 2.75) is 213 Å². The normalized spacial score (nSPS) is 13.9. The van der Waals surface area contributed by atoms with E-state index in [0.717, 1.165) is 38.5 Å². The van der Waals surface area contributed by atoms with E-state index >= 15 is 0 Å². The smallest absolute Gasteiger partial charge is 0.457 e. The highest BCUT2D eigenvalue weighted by molar-refractivity contribution is 7.47. The molecule has 2 atom stereocenters. The minimum absolute atomic E-state index is 0.0867. The van der Waals surface area contributed by atoms with E-state index in [-0.39, 0.29) is 32.8 Å². The number of hydrogen-bond acceptors (Lipinski definition) is 7. The van der Waals surface area contributed by atoms with Gasteiger partial charge in [-0.05, 0) is 64.2 Å². The summed E-state index contributed by atoms with van der Waals surface area (Å²) in [5.74, 6) is -0.409. The van der Waals surface area contributed by atoms with Crippen molar-refractivity contribution in [2.24, 2.45) is 5.73 Å². The molecule has 0 saturated heterocycles. The molecule has 2 unspecified atom stereocenters. The Hall–Kier alpha value is -1.80. The fourth-order valence-electron chi connectivity index (χ4n) is 6.48. The van der Waals surface area contributed by atoms with Gasteiger partial charge < -0.3 is 20.1 Å². The van der Waals surface area contributed by atoms with E-state index in [1.807, 2.05) is 12.2 Å². The van der Waals surface area contributed by atoms with Crippen LogP contribution in [0.5, 0.6) is 0 Å². The van der Waals surface area contributed by atoms with E-state index < -0.39 is 19.9 Å². The van der Waals surface area contributed by atoms with Crippen molar-refractivity contribution in [1.29, 1.82) is 0 Å². The number of carbonyl (C=O) groups excluding carboxylic acids is 1. The van der Waals surface area contributed by atoms with E-state index in [4.69, 9.17) is 24.3 Å². The SMILES string of the molecule is CC/C=C\C/C=C\C/C=C\C/C=C\CCC(=O)OC(COCCCCCCCCCCCCCCCC/C=C\CCCCCCCCCC)COP(=O)(O)OCCN. The van der Waals surface area contributed by atoms with Crippen LogP contribution in [0.2, 0.25) is 0 Å². The second-order valence-electron chi connectivity index (χ2n) is 15.6. The first kappa shape index (κ1) is 56.2. The van der Waals surface area contributed by atoms with Gasteiger partial charge in [0.25, 0.3) is 0 Å². The summed E-state index contributed by atoms with van der Waals surface area (Å²) in [6, 6.07) is 0. The van der Waals surface area contributed by atoms with Gasteiger partial charge in [0.05, 0.1) is 19.8 Å². The van der Waals surface area contributed by atoms with Gasteiger partial charge in [0, 0.05) is 19.6 Å². The molecule has 0 spiro atoms. The number of carbonyl (C=O) groups is 1. The highest BCUT2D eigenvalue weighted by Crippen LogP contribution is 2.43. The summed E-state index contributed by atoms with van der Waals surface area (Å²) in [5.41, 5.74) is 5.37. The lowest BCUT2D eigenvalue weighted by molar-refractivity contribution is -0.154. The Morgan fingerprint density at radius 3 is 1.45 bits per heavy atom. The maximum absolute atomic E-state index is 12.5. The summed E-state index contributed by atoms with van der Waals surface area (Å²) in [6.07, 6.45) is 57.1. The summed E-state index contributed by atoms with van der Waals surface area (Å²) in [5, 5.41) is 0. The zero-order chi connectivity index (χ0) is 42.3. The molecular formula is C49H90NO7P. The Labute approximate surface area is 357 Å². The standard InChI is InChI=1S/C49H90NO7P/c1-3-5-7-9-11-13-15-17-18-19-20-21-22-23-24-25-26-27-28-29-31-33-35-37-39-41-44-54-46-48(47-56-58(52,53)55-45-43-50)57-49(51)42-40-38-36-34-32-30-16-14-12-10-8-6-4-2/h6,8,12,14,19-20,30,32,36,38,48H,3-5,7,9-11,13,15-18,21-29,31,33-35,37,39-47,50H2,1-2H3,(H,52,53)/b8-6-,14-12-,20-19-,32-30-,38-36-. The number of hydrogen-bond donors (Lipinski definition) is 2. The third kappa shape index (κ3) is 45.3. The molecular weight excluding hydrogens is 746 g/mol. The van der Waals surface area contributed by atoms with Gasteiger partial charge in [-0.2, -0.15) is 0 Å². The van der Waals surface area contributed by atoms with E-state index in [1.165, 1.54) is 141 Å². The molecule has 0 heterocycles. The summed E-state index contributed by atoms with van der Waals surface area (Å²) >= 11 is 0. The van der Waals surface area contributed by atoms with Crippen molar-refractivity contribution in [1.82, 2.24) is 0 Å². The molecule has 0 bridgehead atoms. The Morgan fingerprint density at radius 2 is 0.966 bits per heavy atom. The summed E-state index contributed by atoms with van der Waals surface area (Å²) in [4.78, 5) is 22.4. The Balaban J connectivity index is 3.93. The minimum Gasteiger partial charge on any atom is -0.457 e. The third-order valence-corrected chi connectivity index (χ3v) is 10.9. The second-order valence-corrected chi connectivity index (χ2v) is 17.0. The molecule has 0 rings (SSSR count). The van der Waals surface area contributed by atoms with Gasteiger partial charge in [-0.15, -0.1) is 0 Å². The first-order valence-corrected chi connectivity index (χ1v) is 25.3. The second kappa shape index (κ2) is 46.3. The van der Waals surface area contributed by atoms with Crippen LogP contribution in [-0.4, -0.2) is 49.9 Å². The van der Waals surface area contributed by atoms with E-state index in [0.29, 0.717) is 13.0 Å². The molecule has 0 aromatic carbocycles. The van der Waals surface area contributed by atoms with Gasteiger partial charge in [0.15, 0.2) is 0 Å². The molecule has 0 fully saturated rings. The molecule has 9 heteroatoms. The van der Waals surface area contributed by atoms with Crippen LogP contribution >= 0.6 is 7.82 Å². The highest BCUT2D eigenvalue weighted by atomic mass is 31.2. The molecule has 0 amide bonds. The van der Waals surface area contributed by atoms with E-state index in [9.17, 15) is 14.3 Å². The number of nitrogens with two attached hydrogens (primary N) is 1. The fourth-order valence-corrected chi connectivity index (χ4v) is 7.24. The van der Waals surface area contributed by atoms with E-state index in [2.05, 4.69) is 62.5 Å². The molecule has 0 aliphatic rings. The quantitative estimate of drug-likeness (QED) is 0.0269. The summed E-state index contributed by atoms with van der Waals surface area (Å²) in [7, 11) is -4.30. The Bertz CT molecular complexity index is 1070. The van der Waals surface area contributed by atoms with Crippen LogP contribution in [-0.2, 0) is 27.9 Å². The lowest BCUT2D eigenvalue weighted by Gasteiger charge is -2.20. The number of rotatable bonds is 45. The molecule has 0 aromatic heterocycles. The average molecular weight is 836 g/mol. The number of unbranched alkanes of at least 4 members (excludes halogenated alkanes) is 22. The minimum atomic E-state index is -4.30. The molecule has 0 aliphatic carbocycles. The number of phosphoric ester groups is 1. The summed E-state index contributed by atoms with van der Waals surface area (Å²) in [6.45, 7) is 4.71. The van der Waals surface area contributed by atoms with Crippen molar-refractivity contribution in [3.63, 3.8) is 0 Å². The van der Waals surface area contributed by atoms with Gasteiger partial charge >= 0.3 is 13.8 Å². The topological polar surface area (TPSA) is 117 Å². The van der Waals surface area contributed by atoms with Crippen molar-refractivity contribution >= 4 is 13.8 Å². The van der Waals surface area contributed by atoms with Crippen LogP contribution < -0.4 is 5.73 Å². The van der Waals surface area contributed by atoms with Crippen LogP contribution in [0.3, 0.4) is 0 Å². The van der Waals surface area contributed by atoms with Crippen molar-refractivity contribution in [3.8, 4) is 0 Å². The maximum Gasteiger partial charge on any atom is 0.472 e. The van der Waals surface area contributed by atoms with Crippen LogP contribution in [0.4, 0.5) is 0 Å². The van der Waals surface area contributed by atoms with Crippen molar-refractivity contribution in [3.05, 3.63) is 60.8 Å². The van der Waals surface area contributed by atoms with Gasteiger partial charge in [-0.3, -0.25) is 13.8 Å². The van der Waals surface area contributed by atoms with Crippen LogP contribution in [0.25, 0.3) is 0 Å². The van der Waals surface area contributed by atoms with Crippen LogP contribution in [0.1, 0.15) is 206 Å². The number of phosphoric acid groups is 1. The third-order valence-electron chi connectivity index (χ3n) is 9.93. The first-order valence-electron chi connectivity index (χ1n) is 23.8. The molecule has 8 nitrogen and oxygen atoms in total. The fraction of sp³-hybridized carbons (Fsp3) is 0.776. The maximum atomic E-state index is 12.5. The number of ether oxygens (including phenoxy) is 2. The van der Waals surface area contributed by atoms with Gasteiger partial charge in [-0.1, -0.05) is 197 Å². The van der Waals surface area contributed by atoms with Crippen LogP contribution in [0, 0.1) is 0 Å². The number of esters is 1. The lowest BCUT2D eigenvalue weighted by Crippen LogP contribution is -2.28. The Morgan fingerprint density at radius 1 is 0.534 bits per heavy atom. The highest BCUT2D eigenvalue weighted by Gasteiger charge is 2.25. The average Bonchev–Trinajstić information content (AvgIpc) is 3.21. The molecule has 58 heavy (non-hydrogen) atoms. The predicted molar refractivity (Wildman–Crippen MR) is 247 cm³/mol. The molecule has 338 valence electrons. The molecule has 0 radical (unpaired) electrons. The van der Waals surface area contributed by atoms with Gasteiger partial charge in [-0.25, -0.2) is 4.57 Å². The Kier molecular flexibility index (Phi) is 44.8. The monoisotopic (exact) mass is 836 g/mol. The van der Waals surface area contributed by atoms with Crippen molar-refractivity contribution < 1.29 is 32.8 Å². The zero-order valence-corrected chi connectivity index (χ0v) is 38.4. The van der Waals surface area contributed by atoms with Gasteiger partial charge in [0.1, 0.15) is 6.10 Å². The molecule has 3 N–H and O–H groups in total. The lowest BCUT2D eigenvalue weighted by atomic mass is 10.0. The first-order chi connectivity index (χ1) is 28.4. The molecule has 0 aliphatic heterocycles. The molecule has 0 aromatic rings. The van der Waals surface area contributed by atoms with Crippen molar-refractivity contribution in [2.75, 3.05) is 33.0 Å².